The minimum absolute atomic E-state index is 0.0215. The van der Waals surface area contributed by atoms with E-state index < -0.39 is 4.92 Å². The van der Waals surface area contributed by atoms with Crippen molar-refractivity contribution in [3.63, 3.8) is 0 Å². The Labute approximate surface area is 173 Å². The fourth-order valence-corrected chi connectivity index (χ4v) is 6.87. The summed E-state index contributed by atoms with van der Waals surface area (Å²) in [6, 6.07) is 10.4. The van der Waals surface area contributed by atoms with Gasteiger partial charge in [0.05, 0.1) is 10.3 Å². The number of rotatable bonds is 5. The zero-order valence-corrected chi connectivity index (χ0v) is 16.9. The van der Waals surface area contributed by atoms with Gasteiger partial charge in [-0.25, -0.2) is 4.98 Å². The van der Waals surface area contributed by atoms with Crippen molar-refractivity contribution in [2.24, 2.45) is 23.2 Å². The Hall–Kier alpha value is -2.41. The number of carbonyl (C=O) groups excluding carboxylic acids is 1. The summed E-state index contributed by atoms with van der Waals surface area (Å²) in [5.74, 6) is 2.07. The molecule has 0 radical (unpaired) electrons. The second-order valence-corrected chi connectivity index (χ2v) is 9.99. The highest BCUT2D eigenvalue weighted by Crippen LogP contribution is 2.60. The van der Waals surface area contributed by atoms with Crippen molar-refractivity contribution in [1.29, 1.82) is 0 Å². The Kier molecular flexibility index (Phi) is 4.57. The number of pyridine rings is 1. The van der Waals surface area contributed by atoms with Gasteiger partial charge in [0.15, 0.2) is 0 Å². The van der Waals surface area contributed by atoms with Crippen molar-refractivity contribution in [1.82, 2.24) is 4.98 Å². The summed E-state index contributed by atoms with van der Waals surface area (Å²) in [7, 11) is 0. The topological polar surface area (TPSA) is 85.1 Å². The van der Waals surface area contributed by atoms with E-state index in [9.17, 15) is 14.9 Å². The maximum atomic E-state index is 13.3. The number of nitrogens with zero attached hydrogens (tertiary/aromatic N) is 2. The van der Waals surface area contributed by atoms with Crippen LogP contribution in [0.4, 0.5) is 11.4 Å². The standard InChI is InChI=1S/C22H23N3O3S/c26-21(22-11-14-5-15(12-22)7-16(6-14)13-22)24-17-8-18(25(27)28)10-19(9-17)29-20-3-1-2-4-23-20/h1-4,8-10,14-16H,5-7,11-13H2,(H,24,26). The van der Waals surface area contributed by atoms with E-state index in [1.807, 2.05) is 24.3 Å². The molecule has 1 heterocycles. The number of aromatic nitrogens is 1. The van der Waals surface area contributed by atoms with Crippen molar-refractivity contribution < 1.29 is 9.72 Å². The molecule has 2 aromatic rings. The summed E-state index contributed by atoms with van der Waals surface area (Å²) in [5, 5.41) is 15.2. The number of anilines is 1. The number of non-ortho nitro benzene ring substituents is 1. The number of hydrogen-bond donors (Lipinski definition) is 1. The molecule has 4 bridgehead atoms. The number of nitrogens with one attached hydrogen (secondary N) is 1. The lowest BCUT2D eigenvalue weighted by atomic mass is 9.49. The fraction of sp³-hybridized carbons (Fsp3) is 0.455. The predicted molar refractivity (Wildman–Crippen MR) is 111 cm³/mol. The molecule has 1 N–H and O–H groups in total. The van der Waals surface area contributed by atoms with E-state index in [1.54, 1.807) is 6.20 Å². The van der Waals surface area contributed by atoms with Gasteiger partial charge in [0.2, 0.25) is 5.91 Å². The Morgan fingerprint density at radius 2 is 1.79 bits per heavy atom. The first kappa shape index (κ1) is 18.6. The van der Waals surface area contributed by atoms with E-state index in [0.29, 0.717) is 28.3 Å². The molecule has 0 atom stereocenters. The third-order valence-corrected chi connectivity index (χ3v) is 7.66. The molecular formula is C22H23N3O3S. The van der Waals surface area contributed by atoms with Crippen LogP contribution in [0.5, 0.6) is 0 Å². The largest absolute Gasteiger partial charge is 0.325 e. The van der Waals surface area contributed by atoms with Crippen molar-refractivity contribution in [2.45, 2.75) is 48.4 Å². The Morgan fingerprint density at radius 3 is 2.38 bits per heavy atom. The maximum Gasteiger partial charge on any atom is 0.272 e. The quantitative estimate of drug-likeness (QED) is 0.535. The van der Waals surface area contributed by atoms with Gasteiger partial charge >= 0.3 is 0 Å². The van der Waals surface area contributed by atoms with E-state index in [2.05, 4.69) is 10.3 Å². The van der Waals surface area contributed by atoms with Gasteiger partial charge in [-0.1, -0.05) is 17.8 Å². The molecule has 1 amide bonds. The normalized spacial score (nSPS) is 29.6. The van der Waals surface area contributed by atoms with E-state index in [1.165, 1.54) is 43.2 Å². The van der Waals surface area contributed by atoms with Crippen molar-refractivity contribution >= 4 is 29.0 Å². The van der Waals surface area contributed by atoms with Crippen LogP contribution in [-0.4, -0.2) is 15.8 Å². The first-order valence-corrected chi connectivity index (χ1v) is 11.0. The highest BCUT2D eigenvalue weighted by Gasteiger charge is 2.54. The van der Waals surface area contributed by atoms with Gasteiger partial charge in [-0.05, 0) is 74.5 Å². The SMILES string of the molecule is O=C(Nc1cc(Sc2ccccn2)cc([N+](=O)[O-])c1)C12CC3CC(CC(C3)C1)C2. The average Bonchev–Trinajstić information content (AvgIpc) is 2.67. The fourth-order valence-electron chi connectivity index (χ4n) is 6.00. The first-order chi connectivity index (χ1) is 14.0. The number of benzene rings is 1. The van der Waals surface area contributed by atoms with Crippen molar-refractivity contribution in [3.05, 3.63) is 52.7 Å². The molecule has 0 saturated heterocycles. The molecule has 7 heteroatoms. The molecule has 4 aliphatic rings. The summed E-state index contributed by atoms with van der Waals surface area (Å²) < 4.78 is 0. The summed E-state index contributed by atoms with van der Waals surface area (Å²) >= 11 is 1.35. The van der Waals surface area contributed by atoms with Gasteiger partial charge in [-0.15, -0.1) is 0 Å². The van der Waals surface area contributed by atoms with Crippen LogP contribution in [0.3, 0.4) is 0 Å². The summed E-state index contributed by atoms with van der Waals surface area (Å²) in [6.45, 7) is 0. The highest BCUT2D eigenvalue weighted by molar-refractivity contribution is 7.99. The lowest BCUT2D eigenvalue weighted by Crippen LogP contribution is -2.51. The molecular weight excluding hydrogens is 386 g/mol. The Balaban J connectivity index is 1.40. The van der Waals surface area contributed by atoms with Crippen molar-refractivity contribution in [2.75, 3.05) is 5.32 Å². The van der Waals surface area contributed by atoms with E-state index in [4.69, 9.17) is 0 Å². The van der Waals surface area contributed by atoms with Crippen LogP contribution in [-0.2, 0) is 4.79 Å². The van der Waals surface area contributed by atoms with Crippen LogP contribution in [0.1, 0.15) is 38.5 Å². The van der Waals surface area contributed by atoms with Crippen LogP contribution in [0.25, 0.3) is 0 Å². The van der Waals surface area contributed by atoms with Crippen LogP contribution >= 0.6 is 11.8 Å². The molecule has 4 fully saturated rings. The van der Waals surface area contributed by atoms with Crippen LogP contribution < -0.4 is 5.32 Å². The highest BCUT2D eigenvalue weighted by atomic mass is 32.2. The monoisotopic (exact) mass is 409 g/mol. The van der Waals surface area contributed by atoms with E-state index in [0.717, 1.165) is 24.3 Å². The molecule has 4 saturated carbocycles. The second-order valence-electron chi connectivity index (χ2n) is 8.89. The molecule has 29 heavy (non-hydrogen) atoms. The second kappa shape index (κ2) is 7.13. The number of nitro groups is 1. The first-order valence-electron chi connectivity index (χ1n) is 10.2. The average molecular weight is 410 g/mol. The van der Waals surface area contributed by atoms with Gasteiger partial charge in [-0.2, -0.15) is 0 Å². The smallest absolute Gasteiger partial charge is 0.272 e. The lowest BCUT2D eigenvalue weighted by Gasteiger charge is -2.55. The minimum Gasteiger partial charge on any atom is -0.325 e. The van der Waals surface area contributed by atoms with Gasteiger partial charge in [-0.3, -0.25) is 14.9 Å². The lowest BCUT2D eigenvalue weighted by molar-refractivity contribution is -0.385. The third kappa shape index (κ3) is 3.64. The zero-order valence-electron chi connectivity index (χ0n) is 16.0. The third-order valence-electron chi connectivity index (χ3n) is 6.74. The van der Waals surface area contributed by atoms with Crippen molar-refractivity contribution in [3.8, 4) is 0 Å². The van der Waals surface area contributed by atoms with Gasteiger partial charge in [0, 0.05) is 28.9 Å². The summed E-state index contributed by atoms with van der Waals surface area (Å²) in [6.07, 6.45) is 8.41. The molecule has 1 aromatic heterocycles. The van der Waals surface area contributed by atoms with Gasteiger partial charge in [0.1, 0.15) is 5.03 Å². The van der Waals surface area contributed by atoms with Gasteiger partial charge in [0.25, 0.3) is 5.69 Å². The van der Waals surface area contributed by atoms with E-state index >= 15 is 0 Å². The Morgan fingerprint density at radius 1 is 1.10 bits per heavy atom. The molecule has 0 spiro atoms. The molecule has 1 aromatic carbocycles. The number of carbonyl (C=O) groups is 1. The number of hydrogen-bond acceptors (Lipinski definition) is 5. The molecule has 6 rings (SSSR count). The predicted octanol–water partition coefficient (Wildman–Crippen LogP) is 5.30. The molecule has 6 nitrogen and oxygen atoms in total. The van der Waals surface area contributed by atoms with Crippen LogP contribution in [0.2, 0.25) is 0 Å². The summed E-state index contributed by atoms with van der Waals surface area (Å²) in [5.41, 5.74) is 0.193. The molecule has 4 aliphatic carbocycles. The minimum atomic E-state index is -0.414. The summed E-state index contributed by atoms with van der Waals surface area (Å²) in [4.78, 5) is 29.3. The Bertz CT molecular complexity index is 928. The molecule has 0 aliphatic heterocycles. The number of amides is 1. The maximum absolute atomic E-state index is 13.3. The van der Waals surface area contributed by atoms with E-state index in [-0.39, 0.29) is 17.0 Å². The van der Waals surface area contributed by atoms with Crippen LogP contribution in [0.15, 0.2) is 52.5 Å². The zero-order chi connectivity index (χ0) is 20.0. The molecule has 150 valence electrons. The molecule has 0 unspecified atom stereocenters. The van der Waals surface area contributed by atoms with Crippen LogP contribution in [0, 0.1) is 33.3 Å². The number of nitro benzene ring substituents is 1. The van der Waals surface area contributed by atoms with Gasteiger partial charge < -0.3 is 5.32 Å².